The summed E-state index contributed by atoms with van der Waals surface area (Å²) in [4.78, 5) is 4.95. The molecule has 1 aromatic rings. The molecule has 2 rings (SSSR count). The summed E-state index contributed by atoms with van der Waals surface area (Å²) in [6.07, 6.45) is 1.24. The number of rotatable bonds is 4. The van der Waals surface area contributed by atoms with Crippen LogP contribution in [0.2, 0.25) is 0 Å². The summed E-state index contributed by atoms with van der Waals surface area (Å²) >= 11 is 0. The third kappa shape index (κ3) is 5.46. The second-order valence-electron chi connectivity index (χ2n) is 7.41. The van der Waals surface area contributed by atoms with Gasteiger partial charge in [0.1, 0.15) is 11.5 Å². The topological polar surface area (TPSA) is 31.6 Å². The first-order chi connectivity index (χ1) is 9.83. The van der Waals surface area contributed by atoms with Gasteiger partial charge < -0.3 is 14.6 Å². The minimum atomic E-state index is 0.122. The SMILES string of the molecule is CC1CN(C)CCCN1Cc1ccc(CNC(C)(C)C)o1. The zero-order chi connectivity index (χ0) is 15.5. The largest absolute Gasteiger partial charge is 0.463 e. The van der Waals surface area contributed by atoms with Crippen LogP contribution in [0.4, 0.5) is 0 Å². The van der Waals surface area contributed by atoms with E-state index in [9.17, 15) is 0 Å². The zero-order valence-corrected chi connectivity index (χ0v) is 14.3. The molecule has 4 nitrogen and oxygen atoms in total. The maximum atomic E-state index is 5.98. The molecule has 4 heteroatoms. The first kappa shape index (κ1) is 16.5. The van der Waals surface area contributed by atoms with E-state index < -0.39 is 0 Å². The van der Waals surface area contributed by atoms with E-state index in [2.05, 4.69) is 62.0 Å². The molecule has 1 fully saturated rings. The van der Waals surface area contributed by atoms with Crippen molar-refractivity contribution in [3.8, 4) is 0 Å². The van der Waals surface area contributed by atoms with E-state index in [1.807, 2.05) is 0 Å². The molecule has 1 aliphatic heterocycles. The van der Waals surface area contributed by atoms with Gasteiger partial charge in [-0.1, -0.05) is 0 Å². The maximum absolute atomic E-state index is 5.98. The fraction of sp³-hybridized carbons (Fsp3) is 0.765. The summed E-state index contributed by atoms with van der Waals surface area (Å²) in [5.41, 5.74) is 0.122. The van der Waals surface area contributed by atoms with Gasteiger partial charge in [0.05, 0.1) is 13.1 Å². The van der Waals surface area contributed by atoms with Crippen molar-refractivity contribution < 1.29 is 4.42 Å². The molecule has 0 saturated carbocycles. The van der Waals surface area contributed by atoms with Crippen LogP contribution in [-0.4, -0.2) is 48.1 Å². The molecule has 1 unspecified atom stereocenters. The Hall–Kier alpha value is -0.840. The van der Waals surface area contributed by atoms with Gasteiger partial charge in [0.25, 0.3) is 0 Å². The summed E-state index contributed by atoms with van der Waals surface area (Å²) < 4.78 is 5.98. The van der Waals surface area contributed by atoms with Crippen molar-refractivity contribution >= 4 is 0 Å². The van der Waals surface area contributed by atoms with Gasteiger partial charge >= 0.3 is 0 Å². The molecule has 0 amide bonds. The van der Waals surface area contributed by atoms with Gasteiger partial charge in [-0.25, -0.2) is 0 Å². The Kier molecular flexibility index (Phi) is 5.47. The van der Waals surface area contributed by atoms with Gasteiger partial charge in [0.15, 0.2) is 0 Å². The van der Waals surface area contributed by atoms with Crippen LogP contribution in [0.25, 0.3) is 0 Å². The molecule has 0 aliphatic carbocycles. The molecule has 1 N–H and O–H groups in total. The van der Waals surface area contributed by atoms with E-state index in [0.29, 0.717) is 6.04 Å². The molecule has 0 radical (unpaired) electrons. The normalized spacial score (nSPS) is 22.4. The molecule has 1 aliphatic rings. The Bertz CT molecular complexity index is 435. The summed E-state index contributed by atoms with van der Waals surface area (Å²) in [5.74, 6) is 2.11. The Morgan fingerprint density at radius 1 is 1.24 bits per heavy atom. The van der Waals surface area contributed by atoms with Crippen molar-refractivity contribution in [2.75, 3.05) is 26.7 Å². The van der Waals surface area contributed by atoms with Crippen LogP contribution in [0.3, 0.4) is 0 Å². The van der Waals surface area contributed by atoms with Gasteiger partial charge in [-0.3, -0.25) is 4.90 Å². The first-order valence-corrected chi connectivity index (χ1v) is 8.09. The van der Waals surface area contributed by atoms with Crippen molar-refractivity contribution in [2.45, 2.75) is 58.8 Å². The molecular formula is C17H31N3O. The highest BCUT2D eigenvalue weighted by Gasteiger charge is 2.20. The molecule has 1 saturated heterocycles. The Morgan fingerprint density at radius 2 is 1.95 bits per heavy atom. The Morgan fingerprint density at radius 3 is 2.67 bits per heavy atom. The molecule has 21 heavy (non-hydrogen) atoms. The third-order valence-corrected chi connectivity index (χ3v) is 4.05. The number of nitrogens with zero attached hydrogens (tertiary/aromatic N) is 2. The lowest BCUT2D eigenvalue weighted by atomic mass is 10.1. The van der Waals surface area contributed by atoms with Crippen LogP contribution in [0.1, 0.15) is 45.6 Å². The fourth-order valence-corrected chi connectivity index (χ4v) is 2.81. The van der Waals surface area contributed by atoms with E-state index in [1.165, 1.54) is 13.0 Å². The van der Waals surface area contributed by atoms with Gasteiger partial charge in [-0.05, 0) is 59.8 Å². The summed E-state index contributed by atoms with van der Waals surface area (Å²) in [5, 5.41) is 3.47. The van der Waals surface area contributed by atoms with E-state index in [-0.39, 0.29) is 5.54 Å². The van der Waals surface area contributed by atoms with Crippen LogP contribution in [-0.2, 0) is 13.1 Å². The van der Waals surface area contributed by atoms with E-state index in [0.717, 1.165) is 37.7 Å². The Labute approximate surface area is 129 Å². The number of nitrogens with one attached hydrogen (secondary N) is 1. The van der Waals surface area contributed by atoms with Gasteiger partial charge in [0.2, 0.25) is 0 Å². The van der Waals surface area contributed by atoms with Crippen LogP contribution < -0.4 is 5.32 Å². The van der Waals surface area contributed by atoms with E-state index in [1.54, 1.807) is 0 Å². The smallest absolute Gasteiger partial charge is 0.118 e. The van der Waals surface area contributed by atoms with Gasteiger partial charge in [0, 0.05) is 24.7 Å². The number of likely N-dealkylation sites (N-methyl/N-ethyl adjacent to an activating group) is 1. The molecule has 1 aromatic heterocycles. The predicted octanol–water partition coefficient (Wildman–Crippen LogP) is 2.69. The van der Waals surface area contributed by atoms with Crippen molar-refractivity contribution in [1.29, 1.82) is 0 Å². The third-order valence-electron chi connectivity index (χ3n) is 4.05. The van der Waals surface area contributed by atoms with Crippen molar-refractivity contribution in [3.63, 3.8) is 0 Å². The summed E-state index contributed by atoms with van der Waals surface area (Å²) in [6, 6.07) is 4.81. The lowest BCUT2D eigenvalue weighted by Crippen LogP contribution is -2.37. The van der Waals surface area contributed by atoms with Crippen LogP contribution >= 0.6 is 0 Å². The molecule has 120 valence electrons. The fourth-order valence-electron chi connectivity index (χ4n) is 2.81. The molecule has 0 bridgehead atoms. The maximum Gasteiger partial charge on any atom is 0.118 e. The van der Waals surface area contributed by atoms with Crippen LogP contribution in [0.5, 0.6) is 0 Å². The molecule has 2 heterocycles. The highest BCUT2D eigenvalue weighted by Crippen LogP contribution is 2.16. The van der Waals surface area contributed by atoms with E-state index >= 15 is 0 Å². The van der Waals surface area contributed by atoms with Crippen molar-refractivity contribution in [1.82, 2.24) is 15.1 Å². The second-order valence-corrected chi connectivity index (χ2v) is 7.41. The molecule has 0 spiro atoms. The van der Waals surface area contributed by atoms with Crippen molar-refractivity contribution in [3.05, 3.63) is 23.7 Å². The molecular weight excluding hydrogens is 262 g/mol. The molecule has 0 aromatic carbocycles. The number of hydrogen-bond acceptors (Lipinski definition) is 4. The standard InChI is InChI=1S/C17H31N3O/c1-14-12-19(5)9-6-10-20(14)13-16-8-7-15(21-16)11-18-17(2,3)4/h7-8,14,18H,6,9-13H2,1-5H3. The van der Waals surface area contributed by atoms with Gasteiger partial charge in [-0.15, -0.1) is 0 Å². The van der Waals surface area contributed by atoms with Crippen LogP contribution in [0.15, 0.2) is 16.5 Å². The highest BCUT2D eigenvalue weighted by atomic mass is 16.3. The lowest BCUT2D eigenvalue weighted by molar-refractivity contribution is 0.180. The monoisotopic (exact) mass is 293 g/mol. The minimum Gasteiger partial charge on any atom is -0.463 e. The number of hydrogen-bond donors (Lipinski definition) is 1. The van der Waals surface area contributed by atoms with E-state index in [4.69, 9.17) is 4.42 Å². The van der Waals surface area contributed by atoms with Crippen LogP contribution in [0, 0.1) is 0 Å². The number of furan rings is 1. The lowest BCUT2D eigenvalue weighted by Gasteiger charge is -2.26. The highest BCUT2D eigenvalue weighted by molar-refractivity contribution is 5.07. The Balaban J connectivity index is 1.89. The van der Waals surface area contributed by atoms with Crippen molar-refractivity contribution in [2.24, 2.45) is 0 Å². The minimum absolute atomic E-state index is 0.122. The average molecular weight is 293 g/mol. The molecule has 1 atom stereocenters. The zero-order valence-electron chi connectivity index (χ0n) is 14.3. The van der Waals surface area contributed by atoms with Gasteiger partial charge in [-0.2, -0.15) is 0 Å². The first-order valence-electron chi connectivity index (χ1n) is 8.09. The average Bonchev–Trinajstić information content (AvgIpc) is 2.75. The summed E-state index contributed by atoms with van der Waals surface area (Å²) in [7, 11) is 2.21. The second kappa shape index (κ2) is 6.95. The quantitative estimate of drug-likeness (QED) is 0.925. The predicted molar refractivity (Wildman–Crippen MR) is 87.3 cm³/mol. The summed E-state index contributed by atoms with van der Waals surface area (Å²) in [6.45, 7) is 14.0.